The van der Waals surface area contributed by atoms with Crippen molar-refractivity contribution in [1.82, 2.24) is 19.9 Å². The molecule has 0 spiro atoms. The van der Waals surface area contributed by atoms with Crippen LogP contribution in [0.5, 0.6) is 0 Å². The van der Waals surface area contributed by atoms with E-state index >= 15 is 0 Å². The lowest BCUT2D eigenvalue weighted by molar-refractivity contribution is 0.0991. The van der Waals surface area contributed by atoms with Crippen LogP contribution >= 0.6 is 11.3 Å². The van der Waals surface area contributed by atoms with Crippen LogP contribution in [0.15, 0.2) is 10.7 Å². The van der Waals surface area contributed by atoms with Crippen LogP contribution in [0.3, 0.4) is 0 Å². The predicted molar refractivity (Wildman–Crippen MR) is 90.4 cm³/mol. The summed E-state index contributed by atoms with van der Waals surface area (Å²) in [5, 5.41) is 8.87. The maximum absolute atomic E-state index is 12.8. The summed E-state index contributed by atoms with van der Waals surface area (Å²) in [6, 6.07) is 0. The molecule has 3 aromatic rings. The summed E-state index contributed by atoms with van der Waals surface area (Å²) in [5.41, 5.74) is 4.31. The van der Waals surface area contributed by atoms with E-state index in [2.05, 4.69) is 10.3 Å². The molecule has 0 bridgehead atoms. The van der Waals surface area contributed by atoms with Gasteiger partial charge in [-0.05, 0) is 26.7 Å². The summed E-state index contributed by atoms with van der Waals surface area (Å²) in [6.45, 7) is 3.52. The zero-order valence-corrected chi connectivity index (χ0v) is 14.8. The van der Waals surface area contributed by atoms with E-state index in [-0.39, 0.29) is 5.91 Å². The monoisotopic (exact) mass is 343 g/mol. The minimum Gasteiger partial charge on any atom is -0.361 e. The van der Waals surface area contributed by atoms with Gasteiger partial charge in [0.2, 0.25) is 0 Å². The summed E-state index contributed by atoms with van der Waals surface area (Å²) in [4.78, 5) is 20.3. The van der Waals surface area contributed by atoms with Crippen LogP contribution in [0.1, 0.15) is 32.4 Å². The predicted octanol–water partition coefficient (Wildman–Crippen LogP) is 2.52. The molecule has 24 heavy (non-hydrogen) atoms. The maximum Gasteiger partial charge on any atom is 0.265 e. The Balaban J connectivity index is 1.72. The number of hydrogen-bond donors (Lipinski definition) is 0. The Bertz CT molecular complexity index is 932. The van der Waals surface area contributed by atoms with Crippen molar-refractivity contribution in [2.75, 3.05) is 11.9 Å². The highest BCUT2D eigenvalue weighted by Crippen LogP contribution is 2.39. The average Bonchev–Trinajstić information content (AvgIpc) is 3.23. The van der Waals surface area contributed by atoms with Gasteiger partial charge in [0, 0.05) is 30.2 Å². The molecule has 1 amide bonds. The largest absolute Gasteiger partial charge is 0.361 e. The highest BCUT2D eigenvalue weighted by atomic mass is 32.1. The first-order valence-corrected chi connectivity index (χ1v) is 8.51. The number of fused-ring (bicyclic) bond motifs is 3. The third kappa shape index (κ3) is 2.10. The molecule has 0 N–H and O–H groups in total. The summed E-state index contributed by atoms with van der Waals surface area (Å²) in [6.07, 6.45) is 3.72. The fourth-order valence-electron chi connectivity index (χ4n) is 3.09. The molecule has 7 nitrogen and oxygen atoms in total. The molecule has 0 fully saturated rings. The Labute approximate surface area is 142 Å². The summed E-state index contributed by atoms with van der Waals surface area (Å²) in [5.74, 6) is 0.379. The highest BCUT2D eigenvalue weighted by Gasteiger charge is 2.28. The summed E-state index contributed by atoms with van der Waals surface area (Å²) < 4.78 is 7.01. The van der Waals surface area contributed by atoms with E-state index in [1.807, 2.05) is 17.9 Å². The van der Waals surface area contributed by atoms with Gasteiger partial charge in [0.1, 0.15) is 11.3 Å². The van der Waals surface area contributed by atoms with E-state index in [4.69, 9.17) is 9.51 Å². The van der Waals surface area contributed by atoms with Crippen molar-refractivity contribution < 1.29 is 9.32 Å². The van der Waals surface area contributed by atoms with Gasteiger partial charge < -0.3 is 4.52 Å². The van der Waals surface area contributed by atoms with Gasteiger partial charge in [-0.2, -0.15) is 5.10 Å². The van der Waals surface area contributed by atoms with Crippen LogP contribution in [-0.2, 0) is 19.9 Å². The van der Waals surface area contributed by atoms with Gasteiger partial charge in [0.15, 0.2) is 5.13 Å². The lowest BCUT2D eigenvalue weighted by Gasteiger charge is -2.13. The third-order valence-electron chi connectivity index (χ3n) is 4.43. The molecule has 8 heteroatoms. The number of hydrogen-bond acceptors (Lipinski definition) is 6. The fraction of sp³-hybridized carbons (Fsp3) is 0.375. The second-order valence-corrected chi connectivity index (χ2v) is 7.02. The van der Waals surface area contributed by atoms with Crippen LogP contribution in [0.25, 0.3) is 11.3 Å². The minimum absolute atomic E-state index is 0.149. The SMILES string of the molecule is Cc1noc(C)c1C(=O)N(C)c1nc2c(s1)CCc1c-2cnn1C. The van der Waals surface area contributed by atoms with Crippen molar-refractivity contribution in [1.29, 1.82) is 0 Å². The molecule has 0 aromatic carbocycles. The number of carbonyl (C=O) groups excluding carboxylic acids is 1. The van der Waals surface area contributed by atoms with E-state index in [1.165, 1.54) is 10.6 Å². The zero-order valence-electron chi connectivity index (χ0n) is 14.0. The molecular formula is C16H17N5O2S. The van der Waals surface area contributed by atoms with Crippen molar-refractivity contribution >= 4 is 22.4 Å². The molecule has 0 saturated heterocycles. The normalized spacial score (nSPS) is 12.8. The second-order valence-electron chi connectivity index (χ2n) is 5.96. The number of rotatable bonds is 2. The number of aryl methyl sites for hydroxylation is 4. The van der Waals surface area contributed by atoms with Crippen molar-refractivity contribution in [3.05, 3.63) is 33.8 Å². The Kier molecular flexibility index (Phi) is 3.31. The standard InChI is InChI=1S/C16H17N5O2S/c1-8-13(9(2)23-19-8)15(22)20(3)16-18-14-10-7-17-21(4)11(10)5-6-12(14)24-16/h7H,5-6H2,1-4H3. The van der Waals surface area contributed by atoms with Crippen LogP contribution in [0.2, 0.25) is 0 Å². The van der Waals surface area contributed by atoms with Crippen LogP contribution in [-0.4, -0.2) is 32.9 Å². The fourth-order valence-corrected chi connectivity index (χ4v) is 4.13. The van der Waals surface area contributed by atoms with Crippen LogP contribution in [0.4, 0.5) is 5.13 Å². The first kappa shape index (κ1) is 15.1. The topological polar surface area (TPSA) is 77.1 Å². The van der Waals surface area contributed by atoms with Gasteiger partial charge in [-0.15, -0.1) is 11.3 Å². The molecule has 4 rings (SSSR count). The van der Waals surface area contributed by atoms with Gasteiger partial charge in [0.25, 0.3) is 5.91 Å². The Morgan fingerprint density at radius 3 is 2.88 bits per heavy atom. The van der Waals surface area contributed by atoms with Gasteiger partial charge in [-0.3, -0.25) is 14.4 Å². The van der Waals surface area contributed by atoms with Crippen molar-refractivity contribution in [3.8, 4) is 11.3 Å². The smallest absolute Gasteiger partial charge is 0.265 e. The van der Waals surface area contributed by atoms with E-state index in [0.717, 1.165) is 24.1 Å². The molecule has 124 valence electrons. The quantitative estimate of drug-likeness (QED) is 0.714. The van der Waals surface area contributed by atoms with Crippen LogP contribution in [0, 0.1) is 13.8 Å². The number of aromatic nitrogens is 4. The molecule has 3 heterocycles. The summed E-state index contributed by atoms with van der Waals surface area (Å²) >= 11 is 1.56. The number of anilines is 1. The third-order valence-corrected chi connectivity index (χ3v) is 5.62. The number of amides is 1. The van der Waals surface area contributed by atoms with Gasteiger partial charge in [-0.1, -0.05) is 5.16 Å². The van der Waals surface area contributed by atoms with E-state index in [1.54, 1.807) is 37.1 Å². The molecule has 0 radical (unpaired) electrons. The minimum atomic E-state index is -0.149. The second kappa shape index (κ2) is 5.27. The first-order chi connectivity index (χ1) is 11.5. The van der Waals surface area contributed by atoms with E-state index < -0.39 is 0 Å². The average molecular weight is 343 g/mol. The lowest BCUT2D eigenvalue weighted by Crippen LogP contribution is -2.27. The van der Waals surface area contributed by atoms with Crippen molar-refractivity contribution in [3.63, 3.8) is 0 Å². The van der Waals surface area contributed by atoms with Crippen LogP contribution < -0.4 is 4.90 Å². The molecule has 0 saturated carbocycles. The zero-order chi connectivity index (χ0) is 17.0. The van der Waals surface area contributed by atoms with E-state index in [0.29, 0.717) is 22.1 Å². The number of nitrogens with zero attached hydrogens (tertiary/aromatic N) is 5. The number of carbonyl (C=O) groups is 1. The first-order valence-electron chi connectivity index (χ1n) is 7.69. The lowest BCUT2D eigenvalue weighted by atomic mass is 10.0. The molecule has 3 aromatic heterocycles. The Morgan fingerprint density at radius 1 is 1.38 bits per heavy atom. The molecular weight excluding hydrogens is 326 g/mol. The number of thiazole rings is 1. The van der Waals surface area contributed by atoms with Crippen molar-refractivity contribution in [2.24, 2.45) is 7.05 Å². The van der Waals surface area contributed by atoms with Gasteiger partial charge in [-0.25, -0.2) is 4.98 Å². The Hall–Kier alpha value is -2.48. The molecule has 1 aliphatic carbocycles. The van der Waals surface area contributed by atoms with Gasteiger partial charge in [0.05, 0.1) is 17.6 Å². The Morgan fingerprint density at radius 2 is 2.17 bits per heavy atom. The molecule has 0 aliphatic heterocycles. The maximum atomic E-state index is 12.8. The van der Waals surface area contributed by atoms with E-state index in [9.17, 15) is 4.79 Å². The molecule has 0 unspecified atom stereocenters. The van der Waals surface area contributed by atoms with Crippen molar-refractivity contribution in [2.45, 2.75) is 26.7 Å². The highest BCUT2D eigenvalue weighted by molar-refractivity contribution is 7.16. The van der Waals surface area contributed by atoms with Gasteiger partial charge >= 0.3 is 0 Å². The summed E-state index contributed by atoms with van der Waals surface area (Å²) in [7, 11) is 3.69. The molecule has 1 aliphatic rings. The molecule has 0 atom stereocenters.